The second-order valence-electron chi connectivity index (χ2n) is 25.7. The molecule has 0 amide bonds. The fourth-order valence-corrected chi connectivity index (χ4v) is 15.3. The van der Waals surface area contributed by atoms with E-state index in [4.69, 9.17) is 23.7 Å². The molecule has 5 aliphatic rings. The Morgan fingerprint density at radius 2 is 1.03 bits per heavy atom. The molecule has 0 spiro atoms. The van der Waals surface area contributed by atoms with Crippen molar-refractivity contribution in [3.05, 3.63) is 0 Å². The first kappa shape index (κ1) is 62.6. The summed E-state index contributed by atoms with van der Waals surface area (Å²) < 4.78 is 28.7. The zero-order chi connectivity index (χ0) is 53.8. The molecule has 5 saturated carbocycles. The van der Waals surface area contributed by atoms with Crippen LogP contribution in [0.5, 0.6) is 0 Å². The molecular weight excluding hydrogens is 937 g/mol. The maximum Gasteiger partial charge on any atom is 0.332 e. The summed E-state index contributed by atoms with van der Waals surface area (Å²) >= 11 is 0. The second kappa shape index (κ2) is 31.3. The number of hydrogen-bond acceptors (Lipinski definition) is 12. The van der Waals surface area contributed by atoms with Gasteiger partial charge in [0.15, 0.2) is 18.3 Å². The van der Waals surface area contributed by atoms with E-state index >= 15 is 0 Å². The first-order valence-corrected chi connectivity index (χ1v) is 30.8. The summed E-state index contributed by atoms with van der Waals surface area (Å²) in [7, 11) is 0. The van der Waals surface area contributed by atoms with E-state index in [-0.39, 0.29) is 30.5 Å². The Bertz CT molecular complexity index is 1670. The molecule has 428 valence electrons. The molecule has 12 heteroatoms. The van der Waals surface area contributed by atoms with E-state index in [1.54, 1.807) is 13.8 Å². The van der Waals surface area contributed by atoms with Gasteiger partial charge in [-0.1, -0.05) is 164 Å². The number of aliphatic hydroxyl groups is 3. The smallest absolute Gasteiger partial charge is 0.332 e. The molecule has 0 aromatic heterocycles. The van der Waals surface area contributed by atoms with Crippen molar-refractivity contribution in [2.24, 2.45) is 52.3 Å². The van der Waals surface area contributed by atoms with Crippen LogP contribution in [0, 0.1) is 52.3 Å². The third kappa shape index (κ3) is 18.1. The van der Waals surface area contributed by atoms with Crippen LogP contribution in [0.15, 0.2) is 0 Å². The van der Waals surface area contributed by atoms with Gasteiger partial charge in [0, 0.05) is 6.42 Å². The SMILES string of the molecule is CCCCCCCCCCCCCCCCCCCC(=O)OC1C(O)C(O)C(O)C(OC(=O)CCC(=O)OC(C)C)C1OC(=O)CO[C@H]1CCC2(C)C(CCC3C2CC[C@@]2(C)C3CC[C@@H]2C(C)CCCC(C)C)C1. The van der Waals surface area contributed by atoms with E-state index in [0.717, 1.165) is 81.0 Å². The monoisotopic (exact) mass is 1040 g/mol. The Kier molecular flexibility index (Phi) is 26.5. The normalized spacial score (nSPS) is 33.1. The van der Waals surface area contributed by atoms with Crippen molar-refractivity contribution in [3.8, 4) is 0 Å². The largest absolute Gasteiger partial charge is 0.463 e. The summed E-state index contributed by atoms with van der Waals surface area (Å²) in [4.78, 5) is 52.5. The highest BCUT2D eigenvalue weighted by Crippen LogP contribution is 2.68. The van der Waals surface area contributed by atoms with Gasteiger partial charge in [-0.3, -0.25) is 14.4 Å². The van der Waals surface area contributed by atoms with Crippen LogP contribution in [-0.4, -0.2) is 94.6 Å². The van der Waals surface area contributed by atoms with Crippen molar-refractivity contribution in [2.75, 3.05) is 6.61 Å². The number of esters is 4. The van der Waals surface area contributed by atoms with Crippen LogP contribution >= 0.6 is 0 Å². The number of hydrogen-bond donors (Lipinski definition) is 3. The van der Waals surface area contributed by atoms with Gasteiger partial charge in [0.2, 0.25) is 0 Å². The number of unbranched alkanes of at least 4 members (excludes halogenated alkanes) is 16. The van der Waals surface area contributed by atoms with Crippen LogP contribution in [0.2, 0.25) is 0 Å². The number of fused-ring (bicyclic) bond motifs is 5. The van der Waals surface area contributed by atoms with Crippen LogP contribution in [0.4, 0.5) is 0 Å². The Hall–Kier alpha value is -2.28. The molecule has 15 atom stereocenters. The first-order valence-electron chi connectivity index (χ1n) is 30.8. The number of ether oxygens (including phenoxy) is 5. The van der Waals surface area contributed by atoms with E-state index in [9.17, 15) is 34.5 Å². The Balaban J connectivity index is 1.11. The van der Waals surface area contributed by atoms with Gasteiger partial charge in [-0.2, -0.15) is 0 Å². The highest BCUT2D eigenvalue weighted by Gasteiger charge is 2.61. The molecule has 0 aliphatic heterocycles. The van der Waals surface area contributed by atoms with Gasteiger partial charge in [0.25, 0.3) is 0 Å². The molecule has 0 heterocycles. The second-order valence-corrected chi connectivity index (χ2v) is 25.7. The minimum Gasteiger partial charge on any atom is -0.463 e. The highest BCUT2D eigenvalue weighted by molar-refractivity contribution is 5.78. The summed E-state index contributed by atoms with van der Waals surface area (Å²) in [6.07, 6.45) is 23.1. The van der Waals surface area contributed by atoms with Crippen LogP contribution in [0.25, 0.3) is 0 Å². The maximum absolute atomic E-state index is 13.8. The van der Waals surface area contributed by atoms with E-state index in [1.807, 2.05) is 0 Å². The molecule has 0 bridgehead atoms. The summed E-state index contributed by atoms with van der Waals surface area (Å²) in [5.74, 6) is 2.09. The Labute approximate surface area is 449 Å². The molecule has 5 aliphatic carbocycles. The first-order chi connectivity index (χ1) is 35.4. The van der Waals surface area contributed by atoms with Crippen LogP contribution < -0.4 is 0 Å². The quantitative estimate of drug-likeness (QED) is 0.0323. The fourth-order valence-electron chi connectivity index (χ4n) is 15.3. The summed E-state index contributed by atoms with van der Waals surface area (Å²) in [6.45, 7) is 17.6. The van der Waals surface area contributed by atoms with Crippen molar-refractivity contribution in [2.45, 2.75) is 310 Å². The molecule has 12 unspecified atom stereocenters. The van der Waals surface area contributed by atoms with E-state index < -0.39 is 73.5 Å². The predicted molar refractivity (Wildman–Crippen MR) is 290 cm³/mol. The molecule has 0 aromatic carbocycles. The lowest BCUT2D eigenvalue weighted by Crippen LogP contribution is -2.66. The predicted octanol–water partition coefficient (Wildman–Crippen LogP) is 13.1. The van der Waals surface area contributed by atoms with Crippen LogP contribution in [0.1, 0.15) is 261 Å². The van der Waals surface area contributed by atoms with Gasteiger partial charge in [-0.05, 0) is 130 Å². The minimum absolute atomic E-state index is 0.0360. The number of rotatable bonds is 33. The summed E-state index contributed by atoms with van der Waals surface area (Å²) in [6, 6.07) is 0. The highest BCUT2D eigenvalue weighted by atomic mass is 16.6. The molecule has 0 radical (unpaired) electrons. The van der Waals surface area contributed by atoms with Crippen molar-refractivity contribution >= 4 is 23.9 Å². The molecule has 0 saturated heterocycles. The maximum atomic E-state index is 13.8. The number of carbonyl (C=O) groups excluding carboxylic acids is 4. The van der Waals surface area contributed by atoms with Crippen molar-refractivity contribution in [1.82, 2.24) is 0 Å². The van der Waals surface area contributed by atoms with Gasteiger partial charge in [-0.25, -0.2) is 4.79 Å². The van der Waals surface area contributed by atoms with E-state index in [0.29, 0.717) is 23.7 Å². The summed E-state index contributed by atoms with van der Waals surface area (Å²) in [5.41, 5.74) is 0.665. The van der Waals surface area contributed by atoms with Gasteiger partial charge >= 0.3 is 23.9 Å². The zero-order valence-electron chi connectivity index (χ0n) is 48.0. The van der Waals surface area contributed by atoms with Gasteiger partial charge in [-0.15, -0.1) is 0 Å². The minimum atomic E-state index is -1.90. The Morgan fingerprint density at radius 1 is 0.514 bits per heavy atom. The number of aliphatic hydroxyl groups excluding tert-OH is 3. The topological polar surface area (TPSA) is 175 Å². The van der Waals surface area contributed by atoms with Gasteiger partial charge in [0.05, 0.1) is 25.0 Å². The van der Waals surface area contributed by atoms with E-state index in [2.05, 4.69) is 41.5 Å². The lowest BCUT2D eigenvalue weighted by molar-refractivity contribution is -0.249. The van der Waals surface area contributed by atoms with Crippen molar-refractivity contribution < 1.29 is 58.2 Å². The summed E-state index contributed by atoms with van der Waals surface area (Å²) in [5, 5.41) is 33.5. The van der Waals surface area contributed by atoms with Crippen LogP contribution in [-0.2, 0) is 42.9 Å². The Morgan fingerprint density at radius 3 is 1.59 bits per heavy atom. The van der Waals surface area contributed by atoms with Crippen molar-refractivity contribution in [3.63, 3.8) is 0 Å². The molecule has 74 heavy (non-hydrogen) atoms. The van der Waals surface area contributed by atoms with Crippen molar-refractivity contribution in [1.29, 1.82) is 0 Å². The average molecular weight is 1050 g/mol. The third-order valence-corrected chi connectivity index (χ3v) is 19.5. The lowest BCUT2D eigenvalue weighted by atomic mass is 9.44. The lowest BCUT2D eigenvalue weighted by Gasteiger charge is -2.61. The zero-order valence-corrected chi connectivity index (χ0v) is 48.0. The fraction of sp³-hybridized carbons (Fsp3) is 0.935. The molecular formula is C62H108O12. The third-order valence-electron chi connectivity index (χ3n) is 19.5. The molecule has 0 aromatic rings. The number of carbonyl (C=O) groups is 4. The molecule has 5 rings (SSSR count). The standard InChI is InChI=1S/C62H108O12/c1-9-10-11-12-13-14-15-16-17-18-19-20-21-22-23-24-25-29-51(63)72-58-56(68)55(67)57(69)59(73-53(65)35-34-52(64)71-43(4)5)60(58)74-54(66)41-70-46-36-38-61(7)45(40-46)30-31-47-49-33-32-48(44(6)28-26-27-42(2)3)62(49,8)39-37-50(47)61/h42-50,55-60,67-69H,9-41H2,1-8H3/t44?,45?,46-,47?,48+,49?,50?,55?,56?,57?,58?,59?,60?,61?,62+/m0/s1. The molecule has 3 N–H and O–H groups in total. The van der Waals surface area contributed by atoms with E-state index in [1.165, 1.54) is 128 Å². The van der Waals surface area contributed by atoms with Gasteiger partial charge in [0.1, 0.15) is 24.9 Å². The van der Waals surface area contributed by atoms with Crippen LogP contribution in [0.3, 0.4) is 0 Å². The average Bonchev–Trinajstić information content (AvgIpc) is 3.72. The van der Waals surface area contributed by atoms with Gasteiger partial charge < -0.3 is 39.0 Å². The molecule has 12 nitrogen and oxygen atoms in total. The molecule has 5 fully saturated rings.